The second-order valence-electron chi connectivity index (χ2n) is 4.60. The van der Waals surface area contributed by atoms with E-state index in [4.69, 9.17) is 4.74 Å². The predicted octanol–water partition coefficient (Wildman–Crippen LogP) is 1.71. The van der Waals surface area contributed by atoms with Gasteiger partial charge >= 0.3 is 0 Å². The SMILES string of the molecule is CCC(C=O)(CC)CN1CCOC(C)C1. The van der Waals surface area contributed by atoms with E-state index in [0.717, 1.165) is 45.4 Å². The van der Waals surface area contributed by atoms with Gasteiger partial charge in [-0.25, -0.2) is 0 Å². The monoisotopic (exact) mass is 213 g/mol. The molecule has 0 aromatic rings. The summed E-state index contributed by atoms with van der Waals surface area (Å²) in [5.74, 6) is 0. The Morgan fingerprint density at radius 1 is 1.47 bits per heavy atom. The zero-order valence-corrected chi connectivity index (χ0v) is 10.2. The van der Waals surface area contributed by atoms with Crippen molar-refractivity contribution in [2.75, 3.05) is 26.2 Å². The minimum atomic E-state index is -0.142. The quantitative estimate of drug-likeness (QED) is 0.651. The summed E-state index contributed by atoms with van der Waals surface area (Å²) >= 11 is 0. The van der Waals surface area contributed by atoms with Crippen molar-refractivity contribution in [3.05, 3.63) is 0 Å². The fourth-order valence-corrected chi connectivity index (χ4v) is 2.16. The predicted molar refractivity (Wildman–Crippen MR) is 60.9 cm³/mol. The third kappa shape index (κ3) is 3.28. The maximum atomic E-state index is 11.2. The molecule has 0 bridgehead atoms. The summed E-state index contributed by atoms with van der Waals surface area (Å²) in [4.78, 5) is 13.5. The molecule has 1 saturated heterocycles. The number of carbonyl (C=O) groups excluding carboxylic acids is 1. The molecule has 1 heterocycles. The molecule has 1 fully saturated rings. The first-order valence-electron chi connectivity index (χ1n) is 5.96. The van der Waals surface area contributed by atoms with E-state index in [1.807, 2.05) is 0 Å². The molecule has 0 aromatic heterocycles. The number of hydrogen-bond donors (Lipinski definition) is 0. The molecule has 1 atom stereocenters. The lowest BCUT2D eigenvalue weighted by Crippen LogP contribution is -2.46. The smallest absolute Gasteiger partial charge is 0.127 e. The Morgan fingerprint density at radius 3 is 2.60 bits per heavy atom. The number of nitrogens with zero attached hydrogens (tertiary/aromatic N) is 1. The molecular weight excluding hydrogens is 190 g/mol. The summed E-state index contributed by atoms with van der Waals surface area (Å²) in [6.07, 6.45) is 3.31. The number of hydrogen-bond acceptors (Lipinski definition) is 3. The average molecular weight is 213 g/mol. The molecule has 0 saturated carbocycles. The van der Waals surface area contributed by atoms with E-state index in [1.54, 1.807) is 0 Å². The Hall–Kier alpha value is -0.410. The Balaban J connectivity index is 2.53. The lowest BCUT2D eigenvalue weighted by Gasteiger charge is -2.37. The molecule has 0 amide bonds. The third-order valence-electron chi connectivity index (χ3n) is 3.52. The maximum Gasteiger partial charge on any atom is 0.127 e. The van der Waals surface area contributed by atoms with E-state index in [1.165, 1.54) is 0 Å². The highest BCUT2D eigenvalue weighted by molar-refractivity contribution is 5.59. The number of aldehydes is 1. The van der Waals surface area contributed by atoms with Crippen molar-refractivity contribution in [2.24, 2.45) is 5.41 Å². The van der Waals surface area contributed by atoms with Gasteiger partial charge in [0.2, 0.25) is 0 Å². The van der Waals surface area contributed by atoms with Crippen LogP contribution < -0.4 is 0 Å². The van der Waals surface area contributed by atoms with Gasteiger partial charge in [0.05, 0.1) is 12.7 Å². The van der Waals surface area contributed by atoms with Gasteiger partial charge in [0, 0.05) is 25.0 Å². The lowest BCUT2D eigenvalue weighted by atomic mass is 9.83. The molecule has 1 rings (SSSR count). The molecule has 0 aliphatic carbocycles. The largest absolute Gasteiger partial charge is 0.376 e. The van der Waals surface area contributed by atoms with Crippen molar-refractivity contribution in [2.45, 2.75) is 39.7 Å². The Labute approximate surface area is 92.8 Å². The van der Waals surface area contributed by atoms with Gasteiger partial charge < -0.3 is 9.53 Å². The molecule has 0 aromatic carbocycles. The topological polar surface area (TPSA) is 29.5 Å². The van der Waals surface area contributed by atoms with Crippen LogP contribution >= 0.6 is 0 Å². The van der Waals surface area contributed by atoms with Crippen molar-refractivity contribution in [1.82, 2.24) is 4.90 Å². The minimum Gasteiger partial charge on any atom is -0.376 e. The minimum absolute atomic E-state index is 0.142. The number of ether oxygens (including phenoxy) is 1. The van der Waals surface area contributed by atoms with E-state index in [-0.39, 0.29) is 5.41 Å². The highest BCUT2D eigenvalue weighted by Gasteiger charge is 2.30. The van der Waals surface area contributed by atoms with E-state index in [9.17, 15) is 4.79 Å². The van der Waals surface area contributed by atoms with Crippen LogP contribution in [-0.4, -0.2) is 43.5 Å². The molecule has 88 valence electrons. The van der Waals surface area contributed by atoms with Gasteiger partial charge in [0.25, 0.3) is 0 Å². The second-order valence-corrected chi connectivity index (χ2v) is 4.60. The first-order valence-corrected chi connectivity index (χ1v) is 5.96. The normalized spacial score (nSPS) is 24.1. The highest BCUT2D eigenvalue weighted by atomic mass is 16.5. The number of morpholine rings is 1. The number of rotatable bonds is 5. The van der Waals surface area contributed by atoms with Gasteiger partial charge in [0.1, 0.15) is 6.29 Å². The summed E-state index contributed by atoms with van der Waals surface area (Å²) in [6, 6.07) is 0. The Morgan fingerprint density at radius 2 is 2.13 bits per heavy atom. The standard InChI is InChI=1S/C12H23NO2/c1-4-12(5-2,10-14)9-13-6-7-15-11(3)8-13/h10-11H,4-9H2,1-3H3. The molecule has 15 heavy (non-hydrogen) atoms. The molecule has 1 aliphatic rings. The zero-order valence-electron chi connectivity index (χ0n) is 10.2. The molecular formula is C12H23NO2. The first kappa shape index (κ1) is 12.7. The fourth-order valence-electron chi connectivity index (χ4n) is 2.16. The molecule has 0 spiro atoms. The Bertz CT molecular complexity index is 202. The lowest BCUT2D eigenvalue weighted by molar-refractivity contribution is -0.119. The summed E-state index contributed by atoms with van der Waals surface area (Å²) in [5.41, 5.74) is -0.142. The second kappa shape index (κ2) is 5.61. The molecule has 1 aliphatic heterocycles. The van der Waals surface area contributed by atoms with Gasteiger partial charge in [0.15, 0.2) is 0 Å². The van der Waals surface area contributed by atoms with Crippen LogP contribution in [0.15, 0.2) is 0 Å². The maximum absolute atomic E-state index is 11.2. The average Bonchev–Trinajstić information content (AvgIpc) is 2.26. The van der Waals surface area contributed by atoms with Gasteiger partial charge in [-0.3, -0.25) is 4.90 Å². The van der Waals surface area contributed by atoms with Crippen molar-refractivity contribution in [1.29, 1.82) is 0 Å². The number of carbonyl (C=O) groups is 1. The molecule has 3 nitrogen and oxygen atoms in total. The van der Waals surface area contributed by atoms with Crippen LogP contribution in [0.3, 0.4) is 0 Å². The van der Waals surface area contributed by atoms with Crippen molar-refractivity contribution < 1.29 is 9.53 Å². The van der Waals surface area contributed by atoms with Gasteiger partial charge in [-0.05, 0) is 19.8 Å². The molecule has 1 unspecified atom stereocenters. The van der Waals surface area contributed by atoms with Crippen molar-refractivity contribution >= 4 is 6.29 Å². The van der Waals surface area contributed by atoms with Crippen molar-refractivity contribution in [3.63, 3.8) is 0 Å². The van der Waals surface area contributed by atoms with E-state index < -0.39 is 0 Å². The zero-order chi connectivity index (χ0) is 11.3. The van der Waals surface area contributed by atoms with Gasteiger partial charge in [-0.2, -0.15) is 0 Å². The van der Waals surface area contributed by atoms with Gasteiger partial charge in [-0.15, -0.1) is 0 Å². The van der Waals surface area contributed by atoms with Gasteiger partial charge in [-0.1, -0.05) is 13.8 Å². The van der Waals surface area contributed by atoms with Crippen LogP contribution in [0.1, 0.15) is 33.6 Å². The van der Waals surface area contributed by atoms with E-state index in [0.29, 0.717) is 6.10 Å². The van der Waals surface area contributed by atoms with Crippen LogP contribution in [-0.2, 0) is 9.53 Å². The molecule has 0 N–H and O–H groups in total. The summed E-state index contributed by atoms with van der Waals surface area (Å²) < 4.78 is 5.49. The van der Waals surface area contributed by atoms with E-state index >= 15 is 0 Å². The van der Waals surface area contributed by atoms with Crippen LogP contribution in [0.2, 0.25) is 0 Å². The summed E-state index contributed by atoms with van der Waals surface area (Å²) in [6.45, 7) is 9.88. The van der Waals surface area contributed by atoms with Crippen LogP contribution in [0.25, 0.3) is 0 Å². The third-order valence-corrected chi connectivity index (χ3v) is 3.52. The molecule has 0 radical (unpaired) electrons. The van der Waals surface area contributed by atoms with Crippen LogP contribution in [0, 0.1) is 5.41 Å². The van der Waals surface area contributed by atoms with E-state index in [2.05, 4.69) is 25.7 Å². The fraction of sp³-hybridized carbons (Fsp3) is 0.917. The highest BCUT2D eigenvalue weighted by Crippen LogP contribution is 2.25. The summed E-state index contributed by atoms with van der Waals surface area (Å²) in [7, 11) is 0. The van der Waals surface area contributed by atoms with Crippen molar-refractivity contribution in [3.8, 4) is 0 Å². The molecule has 3 heteroatoms. The van der Waals surface area contributed by atoms with Crippen LogP contribution in [0.4, 0.5) is 0 Å². The first-order chi connectivity index (χ1) is 7.15. The summed E-state index contributed by atoms with van der Waals surface area (Å²) in [5, 5.41) is 0. The van der Waals surface area contributed by atoms with Crippen LogP contribution in [0.5, 0.6) is 0 Å². The Kier molecular flexibility index (Phi) is 4.74.